The summed E-state index contributed by atoms with van der Waals surface area (Å²) in [6.07, 6.45) is 2.77. The molecule has 3 N–H and O–H groups in total. The molecule has 122 valence electrons. The van der Waals surface area contributed by atoms with E-state index in [2.05, 4.69) is 16.2 Å². The molecule has 3 atom stereocenters. The smallest absolute Gasteiger partial charge is 0.274 e. The van der Waals surface area contributed by atoms with Crippen molar-refractivity contribution in [2.75, 3.05) is 19.6 Å². The molecule has 1 saturated heterocycles. The first-order valence-electron chi connectivity index (χ1n) is 7.52. The van der Waals surface area contributed by atoms with Gasteiger partial charge in [0.15, 0.2) is 0 Å². The van der Waals surface area contributed by atoms with E-state index in [0.717, 1.165) is 25.8 Å². The highest BCUT2D eigenvalue weighted by Crippen LogP contribution is 2.49. The Labute approximate surface area is 134 Å². The molecule has 0 bridgehead atoms. The van der Waals surface area contributed by atoms with Crippen molar-refractivity contribution < 1.29 is 13.2 Å². The van der Waals surface area contributed by atoms with Gasteiger partial charge in [-0.15, -0.1) is 0 Å². The monoisotopic (exact) mass is 343 g/mol. The van der Waals surface area contributed by atoms with Crippen LogP contribution in [-0.4, -0.2) is 38.9 Å². The Morgan fingerprint density at radius 1 is 1.50 bits per heavy atom. The van der Waals surface area contributed by atoms with Gasteiger partial charge in [-0.2, -0.15) is 19.8 Å². The van der Waals surface area contributed by atoms with Crippen LogP contribution in [-0.2, 0) is 15.0 Å². The number of nitrogens with two attached hydrogens (primary N) is 1. The van der Waals surface area contributed by atoms with E-state index >= 15 is 0 Å². The number of amides is 1. The summed E-state index contributed by atoms with van der Waals surface area (Å²) >= 11 is 1.66. The Kier molecular flexibility index (Phi) is 4.54. The second-order valence-electron chi connectivity index (χ2n) is 6.19. The minimum atomic E-state index is -3.66. The van der Waals surface area contributed by atoms with Crippen molar-refractivity contribution in [2.24, 2.45) is 17.0 Å². The molecule has 0 radical (unpaired) electrons. The van der Waals surface area contributed by atoms with Crippen LogP contribution in [0.15, 0.2) is 16.8 Å². The zero-order valence-electron chi connectivity index (χ0n) is 12.3. The average molecular weight is 343 g/mol. The first-order chi connectivity index (χ1) is 10.4. The van der Waals surface area contributed by atoms with Crippen molar-refractivity contribution in [1.82, 2.24) is 9.62 Å². The molecular formula is C14H21N3O3S2. The maximum atomic E-state index is 12.6. The molecule has 1 amide bonds. The Morgan fingerprint density at radius 3 is 3.00 bits per heavy atom. The highest BCUT2D eigenvalue weighted by atomic mass is 32.2. The standard InChI is InChI=1S/C14H21N3O3S2/c15-22(19,20)16-7-10-2-1-4-17(8-10)14(18)13-6-12(13)11-3-5-21-9-11/h3,5,9-10,12-13,16H,1-2,4,6-8H2,(H2,15,19,20)/t10?,12-,13+/m0/s1. The molecule has 2 aliphatic rings. The number of nitrogens with zero attached hydrogens (tertiary/aromatic N) is 1. The van der Waals surface area contributed by atoms with Gasteiger partial charge >= 0.3 is 0 Å². The number of hydrogen-bond donors (Lipinski definition) is 2. The maximum Gasteiger partial charge on any atom is 0.274 e. The van der Waals surface area contributed by atoms with Crippen LogP contribution in [0.2, 0.25) is 0 Å². The molecule has 1 aliphatic carbocycles. The molecule has 1 aromatic rings. The van der Waals surface area contributed by atoms with Gasteiger partial charge < -0.3 is 4.90 Å². The zero-order chi connectivity index (χ0) is 15.7. The first-order valence-corrected chi connectivity index (χ1v) is 10.0. The highest BCUT2D eigenvalue weighted by Gasteiger charge is 2.46. The number of carbonyl (C=O) groups excluding carboxylic acids is 1. The van der Waals surface area contributed by atoms with Crippen molar-refractivity contribution >= 4 is 27.5 Å². The topological polar surface area (TPSA) is 92.5 Å². The predicted molar refractivity (Wildman–Crippen MR) is 85.6 cm³/mol. The number of likely N-dealkylation sites (tertiary alicyclic amines) is 1. The van der Waals surface area contributed by atoms with Gasteiger partial charge in [0, 0.05) is 25.6 Å². The number of nitrogens with one attached hydrogen (secondary N) is 1. The van der Waals surface area contributed by atoms with E-state index in [9.17, 15) is 13.2 Å². The van der Waals surface area contributed by atoms with Crippen LogP contribution in [0.4, 0.5) is 0 Å². The van der Waals surface area contributed by atoms with E-state index in [0.29, 0.717) is 19.0 Å². The molecule has 22 heavy (non-hydrogen) atoms. The average Bonchev–Trinajstić information content (AvgIpc) is 3.09. The number of rotatable bonds is 5. The van der Waals surface area contributed by atoms with E-state index < -0.39 is 10.2 Å². The van der Waals surface area contributed by atoms with E-state index in [-0.39, 0.29) is 17.7 Å². The van der Waals surface area contributed by atoms with Crippen LogP contribution in [0, 0.1) is 11.8 Å². The lowest BCUT2D eigenvalue weighted by atomic mass is 9.98. The fourth-order valence-electron chi connectivity index (χ4n) is 3.22. The Balaban J connectivity index is 1.53. The lowest BCUT2D eigenvalue weighted by Crippen LogP contribution is -2.45. The van der Waals surface area contributed by atoms with Gasteiger partial charge in [0.25, 0.3) is 10.2 Å². The van der Waals surface area contributed by atoms with Crippen molar-refractivity contribution in [2.45, 2.75) is 25.2 Å². The third kappa shape index (κ3) is 3.87. The fourth-order valence-corrected chi connectivity index (χ4v) is 4.42. The van der Waals surface area contributed by atoms with E-state index in [1.54, 1.807) is 11.3 Å². The summed E-state index contributed by atoms with van der Waals surface area (Å²) in [5.41, 5.74) is 1.27. The summed E-state index contributed by atoms with van der Waals surface area (Å²) < 4.78 is 24.3. The van der Waals surface area contributed by atoms with Gasteiger partial charge in [0.05, 0.1) is 0 Å². The molecule has 8 heteroatoms. The molecule has 6 nitrogen and oxygen atoms in total. The van der Waals surface area contributed by atoms with Crippen molar-refractivity contribution in [3.05, 3.63) is 22.4 Å². The number of piperidine rings is 1. The minimum Gasteiger partial charge on any atom is -0.342 e. The van der Waals surface area contributed by atoms with Crippen molar-refractivity contribution in [3.8, 4) is 0 Å². The summed E-state index contributed by atoms with van der Waals surface area (Å²) in [6, 6.07) is 2.09. The molecule has 3 rings (SSSR count). The zero-order valence-corrected chi connectivity index (χ0v) is 13.9. The lowest BCUT2D eigenvalue weighted by Gasteiger charge is -2.33. The molecule has 1 aromatic heterocycles. The Hall–Kier alpha value is -0.960. The van der Waals surface area contributed by atoms with Crippen molar-refractivity contribution in [3.63, 3.8) is 0 Å². The molecule has 0 aromatic carbocycles. The van der Waals surface area contributed by atoms with E-state index in [4.69, 9.17) is 5.14 Å². The largest absolute Gasteiger partial charge is 0.342 e. The molecule has 2 fully saturated rings. The number of thiophene rings is 1. The predicted octanol–water partition coefficient (Wildman–Crippen LogP) is 0.883. The van der Waals surface area contributed by atoms with E-state index in [1.807, 2.05) is 10.3 Å². The lowest BCUT2D eigenvalue weighted by molar-refractivity contribution is -0.134. The number of carbonyl (C=O) groups is 1. The van der Waals surface area contributed by atoms with Crippen molar-refractivity contribution in [1.29, 1.82) is 0 Å². The van der Waals surface area contributed by atoms with E-state index in [1.165, 1.54) is 5.56 Å². The Bertz CT molecular complexity index is 630. The highest BCUT2D eigenvalue weighted by molar-refractivity contribution is 7.87. The summed E-state index contributed by atoms with van der Waals surface area (Å²) in [6.45, 7) is 1.70. The molecular weight excluding hydrogens is 322 g/mol. The van der Waals surface area contributed by atoms with Crippen LogP contribution < -0.4 is 9.86 Å². The van der Waals surface area contributed by atoms with Gasteiger partial charge in [-0.1, -0.05) is 0 Å². The third-order valence-electron chi connectivity index (χ3n) is 4.48. The summed E-state index contributed by atoms with van der Waals surface area (Å²) in [4.78, 5) is 14.5. The van der Waals surface area contributed by atoms with Crippen LogP contribution in [0.25, 0.3) is 0 Å². The summed E-state index contributed by atoms with van der Waals surface area (Å²) in [7, 11) is -3.66. The van der Waals surface area contributed by atoms with Gasteiger partial charge in [-0.25, -0.2) is 9.86 Å². The van der Waals surface area contributed by atoms with Crippen LogP contribution in [0.3, 0.4) is 0 Å². The summed E-state index contributed by atoms with van der Waals surface area (Å²) in [5.74, 6) is 0.854. The fraction of sp³-hybridized carbons (Fsp3) is 0.643. The third-order valence-corrected chi connectivity index (χ3v) is 5.75. The molecule has 1 saturated carbocycles. The van der Waals surface area contributed by atoms with Gasteiger partial charge in [0.1, 0.15) is 0 Å². The van der Waals surface area contributed by atoms with Gasteiger partial charge in [-0.05, 0) is 53.5 Å². The number of hydrogen-bond acceptors (Lipinski definition) is 4. The Morgan fingerprint density at radius 2 is 2.32 bits per heavy atom. The second kappa shape index (κ2) is 6.27. The van der Waals surface area contributed by atoms with Crippen LogP contribution >= 0.6 is 11.3 Å². The molecule has 2 heterocycles. The summed E-state index contributed by atoms with van der Waals surface area (Å²) in [5, 5.41) is 9.12. The molecule has 0 spiro atoms. The SMILES string of the molecule is NS(=O)(=O)NCC1CCCN(C(=O)[C@@H]2C[C@H]2c2ccsc2)C1. The molecule has 1 unspecified atom stereocenters. The normalized spacial score (nSPS) is 28.6. The maximum absolute atomic E-state index is 12.6. The minimum absolute atomic E-state index is 0.111. The van der Waals surface area contributed by atoms with Crippen LogP contribution in [0.1, 0.15) is 30.7 Å². The van der Waals surface area contributed by atoms with Crippen LogP contribution in [0.5, 0.6) is 0 Å². The molecule has 1 aliphatic heterocycles. The quantitative estimate of drug-likeness (QED) is 0.831. The van der Waals surface area contributed by atoms with Gasteiger partial charge in [0.2, 0.25) is 5.91 Å². The van der Waals surface area contributed by atoms with Gasteiger partial charge in [-0.3, -0.25) is 4.79 Å². The second-order valence-corrected chi connectivity index (χ2v) is 8.35. The first kappa shape index (κ1) is 15.9.